The van der Waals surface area contributed by atoms with Crippen LogP contribution in [0.1, 0.15) is 125 Å². The lowest BCUT2D eigenvalue weighted by Crippen LogP contribution is -2.57. The van der Waals surface area contributed by atoms with Crippen LogP contribution in [0.3, 0.4) is 0 Å². The maximum atomic E-state index is 13.2. The smallest absolute Gasteiger partial charge is 0.490 e. The first kappa shape index (κ1) is 33.2. The van der Waals surface area contributed by atoms with Crippen molar-refractivity contribution in [2.24, 2.45) is 23.0 Å². The van der Waals surface area contributed by atoms with Crippen LogP contribution in [0.25, 0.3) is 5.32 Å². The monoisotopic (exact) mass is 641 g/mol. The Bertz CT molecular complexity index is 1390. The molecule has 7 rings (SSSR count). The van der Waals surface area contributed by atoms with Crippen molar-refractivity contribution in [2.45, 2.75) is 161 Å². The van der Waals surface area contributed by atoms with Crippen LogP contribution in [0.15, 0.2) is 58.4 Å². The molecule has 0 radical (unpaired) electrons. The van der Waals surface area contributed by atoms with Crippen LogP contribution in [0, 0.1) is 17.3 Å². The fraction of sp³-hybridized carbons (Fsp3) is 0.718. The maximum absolute atomic E-state index is 13.2. The highest BCUT2D eigenvalue weighted by atomic mass is 16.7. The number of piperidine rings is 1. The minimum absolute atomic E-state index is 0.0845. The standard InChI is InChI=1S/C39H58BN4O3/c1-7-32(41)36(45)44-30-16-15-28(22-30)34(44)35-42-24-33(43-35)27-13-11-26(12-14-27)25(2)10-17-31(40-46-37(3,4)38(5,6)47-40)29-18-21-39(23-29)19-8-9-20-39/h10-11,13,17,24,28-30,32,34-35,43H,7-9,12,14-16,18-23,41H2,1-6H3/q-1/b25-10+,31-17+. The quantitative estimate of drug-likeness (QED) is 0.209. The number of nitrogens with one attached hydrogen (secondary N) is 1. The molecule has 8 heteroatoms. The third-order valence-electron chi connectivity index (χ3n) is 13.5. The zero-order chi connectivity index (χ0) is 33.1. The molecule has 1 spiro atoms. The van der Waals surface area contributed by atoms with Crippen LogP contribution in [0.2, 0.25) is 0 Å². The van der Waals surface area contributed by atoms with Crippen LogP contribution in [0.4, 0.5) is 0 Å². The van der Waals surface area contributed by atoms with Gasteiger partial charge in [-0.25, -0.2) is 0 Å². The molecule has 7 aliphatic rings. The lowest BCUT2D eigenvalue weighted by atomic mass is 9.68. The van der Waals surface area contributed by atoms with E-state index in [9.17, 15) is 4.79 Å². The number of amides is 1. The normalized spacial score (nSPS) is 34.8. The van der Waals surface area contributed by atoms with Gasteiger partial charge < -0.3 is 30.6 Å². The Labute approximate surface area is 284 Å². The lowest BCUT2D eigenvalue weighted by molar-refractivity contribution is -0.137. The summed E-state index contributed by atoms with van der Waals surface area (Å²) in [6.07, 6.45) is 26.6. The molecule has 0 aromatic rings. The molecule has 7 nitrogen and oxygen atoms in total. The number of nitrogens with two attached hydrogens (primary N) is 1. The van der Waals surface area contributed by atoms with Gasteiger partial charge in [0.05, 0.1) is 17.2 Å². The van der Waals surface area contributed by atoms with Gasteiger partial charge in [-0.15, -0.1) is 0 Å². The van der Waals surface area contributed by atoms with Crippen molar-refractivity contribution in [3.05, 3.63) is 63.7 Å². The van der Waals surface area contributed by atoms with E-state index >= 15 is 0 Å². The van der Waals surface area contributed by atoms with Crippen LogP contribution >= 0.6 is 0 Å². The second-order valence-electron chi connectivity index (χ2n) is 16.9. The number of hydrogen-bond acceptors (Lipinski definition) is 5. The highest BCUT2D eigenvalue weighted by Gasteiger charge is 2.55. The van der Waals surface area contributed by atoms with Crippen molar-refractivity contribution in [1.82, 2.24) is 10.2 Å². The van der Waals surface area contributed by atoms with Crippen molar-refractivity contribution in [1.29, 1.82) is 0 Å². The summed E-state index contributed by atoms with van der Waals surface area (Å²) >= 11 is 0. The summed E-state index contributed by atoms with van der Waals surface area (Å²) in [6, 6.07) is 0.0000902. The summed E-state index contributed by atoms with van der Waals surface area (Å²) < 4.78 is 13.3. The van der Waals surface area contributed by atoms with E-state index in [1.54, 1.807) is 0 Å². The number of carbonyl (C=O) groups excluding carboxylic acids is 1. The molecule has 3 aliphatic heterocycles. The van der Waals surface area contributed by atoms with E-state index in [4.69, 9.17) is 20.4 Å². The van der Waals surface area contributed by atoms with Gasteiger partial charge in [0.25, 0.3) is 0 Å². The maximum Gasteiger partial charge on any atom is 0.490 e. The molecule has 1 amide bonds. The molecule has 47 heavy (non-hydrogen) atoms. The Balaban J connectivity index is 1.05. The van der Waals surface area contributed by atoms with Crippen molar-refractivity contribution >= 4 is 13.0 Å². The molecule has 2 saturated heterocycles. The zero-order valence-electron chi connectivity index (χ0n) is 29.8. The topological polar surface area (TPSA) is 90.9 Å². The molecule has 3 heterocycles. The molecule has 3 N–H and O–H groups in total. The summed E-state index contributed by atoms with van der Waals surface area (Å²) in [5, 5.41) is 8.64. The molecule has 3 saturated carbocycles. The number of fused-ring (bicyclic) bond motifs is 2. The summed E-state index contributed by atoms with van der Waals surface area (Å²) in [6.45, 7) is 12.9. The van der Waals surface area contributed by atoms with Crippen LogP contribution < -0.4 is 11.1 Å². The van der Waals surface area contributed by atoms with E-state index in [-0.39, 0.29) is 36.4 Å². The molecule has 0 aromatic heterocycles. The van der Waals surface area contributed by atoms with E-state index in [0.717, 1.165) is 31.4 Å². The van der Waals surface area contributed by atoms with Gasteiger partial charge in [-0.2, -0.15) is 6.20 Å². The third-order valence-corrected chi connectivity index (χ3v) is 13.5. The van der Waals surface area contributed by atoms with Crippen molar-refractivity contribution in [3.63, 3.8) is 0 Å². The zero-order valence-corrected chi connectivity index (χ0v) is 29.8. The first-order valence-electron chi connectivity index (χ1n) is 18.8. The summed E-state index contributed by atoms with van der Waals surface area (Å²) in [4.78, 5) is 15.4. The predicted octanol–water partition coefficient (Wildman–Crippen LogP) is 7.76. The predicted molar refractivity (Wildman–Crippen MR) is 190 cm³/mol. The second-order valence-corrected chi connectivity index (χ2v) is 16.9. The van der Waals surface area contributed by atoms with E-state index in [0.29, 0.717) is 29.7 Å². The van der Waals surface area contributed by atoms with Crippen molar-refractivity contribution < 1.29 is 14.1 Å². The Morgan fingerprint density at radius 2 is 1.83 bits per heavy atom. The summed E-state index contributed by atoms with van der Waals surface area (Å²) in [5.41, 5.74) is 12.5. The minimum atomic E-state index is -0.420. The van der Waals surface area contributed by atoms with E-state index in [2.05, 4.69) is 69.1 Å². The van der Waals surface area contributed by atoms with Crippen LogP contribution in [0.5, 0.6) is 0 Å². The average molecular weight is 642 g/mol. The fourth-order valence-electron chi connectivity index (χ4n) is 9.84. The molecule has 0 aromatic carbocycles. The highest BCUT2D eigenvalue weighted by Crippen LogP contribution is 2.55. The SMILES string of the molecule is CCC(N)C(=O)N1C2CCC(C2)C1C1[N-]C=C(C2=CC=C(/C(C)=C/C=C(/B3OC(C)(C)C(C)(C)O3)C3CCC4(CCCC4)C3)CC2)N1. The number of rotatable bonds is 8. The van der Waals surface area contributed by atoms with Gasteiger partial charge >= 0.3 is 7.12 Å². The van der Waals surface area contributed by atoms with Gasteiger partial charge in [0.1, 0.15) is 0 Å². The highest BCUT2D eigenvalue weighted by molar-refractivity contribution is 6.54. The van der Waals surface area contributed by atoms with Gasteiger partial charge in [0, 0.05) is 17.8 Å². The van der Waals surface area contributed by atoms with E-state index < -0.39 is 6.04 Å². The fourth-order valence-corrected chi connectivity index (χ4v) is 9.84. The number of hydrogen-bond donors (Lipinski definition) is 2. The molecular weight excluding hydrogens is 583 g/mol. The largest absolute Gasteiger partial charge is 0.668 e. The van der Waals surface area contributed by atoms with Crippen molar-refractivity contribution in [2.75, 3.05) is 0 Å². The summed E-state index contributed by atoms with van der Waals surface area (Å²) in [7, 11) is -0.284. The Morgan fingerprint density at radius 3 is 2.51 bits per heavy atom. The first-order valence-corrected chi connectivity index (χ1v) is 18.8. The third kappa shape index (κ3) is 6.10. The molecule has 6 unspecified atom stereocenters. The first-order chi connectivity index (χ1) is 22.4. The van der Waals surface area contributed by atoms with Crippen LogP contribution in [-0.2, 0) is 14.1 Å². The molecule has 6 atom stereocenters. The molecule has 256 valence electrons. The van der Waals surface area contributed by atoms with Gasteiger partial charge in [-0.1, -0.05) is 44.1 Å². The van der Waals surface area contributed by atoms with Gasteiger partial charge in [-0.05, 0) is 151 Å². The Kier molecular flexibility index (Phi) is 8.87. The Hall–Kier alpha value is -2.29. The molecule has 4 aliphatic carbocycles. The van der Waals surface area contributed by atoms with Gasteiger partial charge in [-0.3, -0.25) is 4.79 Å². The summed E-state index contributed by atoms with van der Waals surface area (Å²) in [5.74, 6) is 1.13. The van der Waals surface area contributed by atoms with Gasteiger partial charge in [0.2, 0.25) is 5.91 Å². The molecule has 5 fully saturated rings. The number of carbonyl (C=O) groups is 1. The van der Waals surface area contributed by atoms with E-state index in [1.165, 1.54) is 73.6 Å². The Morgan fingerprint density at radius 1 is 1.09 bits per heavy atom. The minimum Gasteiger partial charge on any atom is -0.668 e. The second kappa shape index (κ2) is 12.6. The van der Waals surface area contributed by atoms with Gasteiger partial charge in [0.15, 0.2) is 0 Å². The number of likely N-dealkylation sites (tertiary alicyclic amines) is 1. The molecular formula is C39H58BN4O3-. The van der Waals surface area contributed by atoms with E-state index in [1.807, 2.05) is 13.1 Å². The average Bonchev–Trinajstić information content (AvgIpc) is 3.91. The van der Waals surface area contributed by atoms with Crippen molar-refractivity contribution in [3.8, 4) is 0 Å². The molecule has 2 bridgehead atoms. The number of nitrogens with zero attached hydrogens (tertiary/aromatic N) is 2. The number of allylic oxidation sites excluding steroid dienone is 8. The van der Waals surface area contributed by atoms with Crippen LogP contribution in [-0.4, -0.2) is 53.4 Å². The lowest BCUT2D eigenvalue weighted by Gasteiger charge is -2.44.